The summed E-state index contributed by atoms with van der Waals surface area (Å²) in [5.41, 5.74) is 2.76. The number of amides is 1. The fraction of sp³-hybridized carbons (Fsp3) is 0.615. The third kappa shape index (κ3) is 6.66. The van der Waals surface area contributed by atoms with Crippen LogP contribution < -0.4 is 16.0 Å². The Labute approximate surface area is 210 Å². The predicted molar refractivity (Wildman–Crippen MR) is 134 cm³/mol. The highest BCUT2D eigenvalue weighted by molar-refractivity contribution is 5.79. The van der Waals surface area contributed by atoms with E-state index in [9.17, 15) is 13.6 Å². The summed E-state index contributed by atoms with van der Waals surface area (Å²) in [7, 11) is 0. The number of carbonyl (C=O) groups excluding carboxylic acids is 1. The maximum Gasteiger partial charge on any atom is 0.250 e. The first kappa shape index (κ1) is 24.8. The Bertz CT molecular complexity index is 1030. The molecule has 0 unspecified atom stereocenters. The van der Waals surface area contributed by atoms with Gasteiger partial charge in [-0.3, -0.25) is 14.7 Å². The van der Waals surface area contributed by atoms with Crippen LogP contribution in [0.5, 0.6) is 0 Å². The maximum absolute atomic E-state index is 13.4. The number of rotatable bonds is 11. The molecule has 3 heterocycles. The molecule has 0 radical (unpaired) electrons. The SMILES string of the molecule is O=C(NCCCNc1nc(Nc2ccc(CN3CCC(F)(F)CC3)nc2)ncc1C1CC1)C1CCC1. The van der Waals surface area contributed by atoms with E-state index in [0.29, 0.717) is 38.0 Å². The molecule has 0 spiro atoms. The summed E-state index contributed by atoms with van der Waals surface area (Å²) in [6, 6.07) is 3.82. The monoisotopic (exact) mass is 499 g/mol. The van der Waals surface area contributed by atoms with Crippen molar-refractivity contribution in [3.63, 3.8) is 0 Å². The zero-order valence-corrected chi connectivity index (χ0v) is 20.6. The highest BCUT2D eigenvalue weighted by Gasteiger charge is 2.34. The van der Waals surface area contributed by atoms with Crippen molar-refractivity contribution in [1.29, 1.82) is 0 Å². The molecule has 8 nitrogen and oxygen atoms in total. The van der Waals surface area contributed by atoms with Crippen molar-refractivity contribution in [1.82, 2.24) is 25.2 Å². The Hall–Kier alpha value is -2.88. The van der Waals surface area contributed by atoms with Gasteiger partial charge in [-0.25, -0.2) is 13.8 Å². The second-order valence-corrected chi connectivity index (χ2v) is 10.3. The van der Waals surface area contributed by atoms with E-state index >= 15 is 0 Å². The second-order valence-electron chi connectivity index (χ2n) is 10.3. The Balaban J connectivity index is 1.12. The number of anilines is 3. The second kappa shape index (κ2) is 11.0. The number of nitrogens with one attached hydrogen (secondary N) is 3. The van der Waals surface area contributed by atoms with Gasteiger partial charge in [0.05, 0.1) is 17.6 Å². The molecule has 194 valence electrons. The summed E-state index contributed by atoms with van der Waals surface area (Å²) in [5, 5.41) is 9.69. The van der Waals surface area contributed by atoms with Crippen LogP contribution in [0.4, 0.5) is 26.2 Å². The average molecular weight is 500 g/mol. The number of likely N-dealkylation sites (tertiary alicyclic amines) is 1. The van der Waals surface area contributed by atoms with Crippen LogP contribution in [0, 0.1) is 5.92 Å². The molecule has 0 bridgehead atoms. The topological polar surface area (TPSA) is 95.1 Å². The molecule has 0 atom stereocenters. The third-order valence-corrected chi connectivity index (χ3v) is 7.31. The molecule has 2 aliphatic carbocycles. The van der Waals surface area contributed by atoms with E-state index in [-0.39, 0.29) is 24.7 Å². The fourth-order valence-electron chi connectivity index (χ4n) is 4.60. The summed E-state index contributed by atoms with van der Waals surface area (Å²) < 4.78 is 26.7. The van der Waals surface area contributed by atoms with Crippen molar-refractivity contribution in [2.75, 3.05) is 36.8 Å². The van der Waals surface area contributed by atoms with Crippen LogP contribution in [-0.4, -0.2) is 57.9 Å². The minimum Gasteiger partial charge on any atom is -0.370 e. The van der Waals surface area contributed by atoms with E-state index < -0.39 is 5.92 Å². The number of pyridine rings is 1. The smallest absolute Gasteiger partial charge is 0.250 e. The van der Waals surface area contributed by atoms with E-state index in [1.54, 1.807) is 6.20 Å². The van der Waals surface area contributed by atoms with Crippen molar-refractivity contribution >= 4 is 23.4 Å². The average Bonchev–Trinajstić information content (AvgIpc) is 3.66. The number of piperidine rings is 1. The van der Waals surface area contributed by atoms with Gasteiger partial charge < -0.3 is 16.0 Å². The summed E-state index contributed by atoms with van der Waals surface area (Å²) in [6.45, 7) is 2.73. The van der Waals surface area contributed by atoms with Crippen LogP contribution >= 0.6 is 0 Å². The third-order valence-electron chi connectivity index (χ3n) is 7.31. The molecule has 5 rings (SSSR count). The molecule has 2 saturated carbocycles. The highest BCUT2D eigenvalue weighted by Crippen LogP contribution is 2.42. The largest absolute Gasteiger partial charge is 0.370 e. The van der Waals surface area contributed by atoms with Crippen molar-refractivity contribution in [3.05, 3.63) is 35.8 Å². The van der Waals surface area contributed by atoms with Gasteiger partial charge in [0.2, 0.25) is 11.9 Å². The van der Waals surface area contributed by atoms with Crippen molar-refractivity contribution in [2.24, 2.45) is 5.92 Å². The predicted octanol–water partition coefficient (Wildman–Crippen LogP) is 4.44. The summed E-state index contributed by atoms with van der Waals surface area (Å²) in [4.78, 5) is 27.7. The van der Waals surface area contributed by atoms with Gasteiger partial charge in [0.25, 0.3) is 5.92 Å². The molecular formula is C26H35F2N7O. The lowest BCUT2D eigenvalue weighted by atomic mass is 9.85. The van der Waals surface area contributed by atoms with Crippen LogP contribution in [0.25, 0.3) is 0 Å². The standard InChI is InChI=1S/C26H35F2N7O/c27-26(28)9-13-35(14-10-26)17-21-8-7-20(15-31-21)33-25-32-16-22(18-5-6-18)23(34-25)29-11-2-12-30-24(36)19-3-1-4-19/h7-8,15-16,18-19H,1-6,9-14,17H2,(H,30,36)(H2,29,32,33,34). The Kier molecular flexibility index (Phi) is 7.59. The molecule has 1 amide bonds. The number of aromatic nitrogens is 3. The number of hydrogen-bond acceptors (Lipinski definition) is 7. The van der Waals surface area contributed by atoms with Crippen molar-refractivity contribution in [3.8, 4) is 0 Å². The van der Waals surface area contributed by atoms with Crippen LogP contribution in [-0.2, 0) is 11.3 Å². The minimum absolute atomic E-state index is 0.0910. The molecule has 3 aliphatic rings. The van der Waals surface area contributed by atoms with E-state index in [1.165, 1.54) is 0 Å². The molecule has 36 heavy (non-hydrogen) atoms. The number of nitrogens with zero attached hydrogens (tertiary/aromatic N) is 4. The van der Waals surface area contributed by atoms with E-state index in [1.807, 2.05) is 23.2 Å². The Morgan fingerprint density at radius 3 is 2.53 bits per heavy atom. The van der Waals surface area contributed by atoms with E-state index in [4.69, 9.17) is 4.98 Å². The van der Waals surface area contributed by atoms with Gasteiger partial charge in [0, 0.05) is 63.2 Å². The van der Waals surface area contributed by atoms with Crippen molar-refractivity contribution < 1.29 is 13.6 Å². The van der Waals surface area contributed by atoms with Gasteiger partial charge in [0.15, 0.2) is 0 Å². The van der Waals surface area contributed by atoms with Gasteiger partial charge in [0.1, 0.15) is 5.82 Å². The van der Waals surface area contributed by atoms with Gasteiger partial charge in [-0.1, -0.05) is 6.42 Å². The van der Waals surface area contributed by atoms with Gasteiger partial charge in [-0.15, -0.1) is 0 Å². The molecule has 1 saturated heterocycles. The molecule has 2 aromatic heterocycles. The van der Waals surface area contributed by atoms with Gasteiger partial charge >= 0.3 is 0 Å². The molecular weight excluding hydrogens is 464 g/mol. The quantitative estimate of drug-likeness (QED) is 0.394. The lowest BCUT2D eigenvalue weighted by Gasteiger charge is -2.31. The first-order chi connectivity index (χ1) is 17.4. The van der Waals surface area contributed by atoms with Crippen molar-refractivity contribution in [2.45, 2.75) is 69.8 Å². The Morgan fingerprint density at radius 1 is 1.06 bits per heavy atom. The van der Waals surface area contributed by atoms with E-state index in [2.05, 4.69) is 25.9 Å². The zero-order valence-electron chi connectivity index (χ0n) is 20.6. The molecule has 0 aromatic carbocycles. The summed E-state index contributed by atoms with van der Waals surface area (Å²) in [6.07, 6.45) is 9.77. The molecule has 3 fully saturated rings. The number of alkyl halides is 2. The first-order valence-corrected chi connectivity index (χ1v) is 13.2. The van der Waals surface area contributed by atoms with E-state index in [0.717, 1.165) is 67.8 Å². The van der Waals surface area contributed by atoms with Gasteiger partial charge in [-0.05, 0) is 50.2 Å². The number of halogens is 2. The molecule has 2 aromatic rings. The summed E-state index contributed by atoms with van der Waals surface area (Å²) in [5.74, 6) is -0.288. The molecule has 3 N–H and O–H groups in total. The Morgan fingerprint density at radius 2 is 1.86 bits per heavy atom. The van der Waals surface area contributed by atoms with Crippen LogP contribution in [0.1, 0.15) is 68.5 Å². The minimum atomic E-state index is -2.54. The summed E-state index contributed by atoms with van der Waals surface area (Å²) >= 11 is 0. The zero-order chi connectivity index (χ0) is 25.0. The number of hydrogen-bond donors (Lipinski definition) is 3. The number of carbonyl (C=O) groups is 1. The highest BCUT2D eigenvalue weighted by atomic mass is 19.3. The lowest BCUT2D eigenvalue weighted by molar-refractivity contribution is -0.127. The first-order valence-electron chi connectivity index (χ1n) is 13.2. The lowest BCUT2D eigenvalue weighted by Crippen LogP contribution is -2.38. The maximum atomic E-state index is 13.4. The fourth-order valence-corrected chi connectivity index (χ4v) is 4.60. The molecule has 10 heteroatoms. The normalized spacial score (nSPS) is 19.9. The molecule has 1 aliphatic heterocycles. The van der Waals surface area contributed by atoms with Crippen LogP contribution in [0.3, 0.4) is 0 Å². The van der Waals surface area contributed by atoms with Gasteiger partial charge in [-0.2, -0.15) is 4.98 Å². The van der Waals surface area contributed by atoms with Crippen LogP contribution in [0.15, 0.2) is 24.5 Å². The van der Waals surface area contributed by atoms with Crippen LogP contribution in [0.2, 0.25) is 0 Å².